The topological polar surface area (TPSA) is 73.6 Å². The standard InChI is InChI=1S/C12H18N2O3/c1-12(2,17-4)11(15)14-8-5-6-9(13)10(7-8)16-3/h5-7H,13H2,1-4H3,(H,14,15). The fraction of sp³-hybridized carbons (Fsp3) is 0.417. The van der Waals surface area contributed by atoms with Gasteiger partial charge in [0, 0.05) is 18.9 Å². The number of carbonyl (C=O) groups is 1. The molecule has 1 rings (SSSR count). The summed E-state index contributed by atoms with van der Waals surface area (Å²) >= 11 is 0. The predicted octanol–water partition coefficient (Wildman–Crippen LogP) is 1.64. The molecular weight excluding hydrogens is 220 g/mol. The van der Waals surface area contributed by atoms with E-state index in [1.165, 1.54) is 14.2 Å². The molecule has 0 saturated carbocycles. The number of nitrogen functional groups attached to an aromatic ring is 1. The minimum Gasteiger partial charge on any atom is -0.495 e. The van der Waals surface area contributed by atoms with Crippen LogP contribution in [-0.2, 0) is 9.53 Å². The van der Waals surface area contributed by atoms with Crippen LogP contribution in [-0.4, -0.2) is 25.7 Å². The van der Waals surface area contributed by atoms with Crippen LogP contribution in [0.3, 0.4) is 0 Å². The zero-order valence-electron chi connectivity index (χ0n) is 10.5. The van der Waals surface area contributed by atoms with Crippen molar-refractivity contribution < 1.29 is 14.3 Å². The van der Waals surface area contributed by atoms with Crippen LogP contribution in [0.2, 0.25) is 0 Å². The fourth-order valence-corrected chi connectivity index (χ4v) is 1.16. The van der Waals surface area contributed by atoms with Crippen LogP contribution in [0.1, 0.15) is 13.8 Å². The van der Waals surface area contributed by atoms with Gasteiger partial charge in [-0.3, -0.25) is 4.79 Å². The number of hydrogen-bond acceptors (Lipinski definition) is 4. The Hall–Kier alpha value is -1.75. The number of carbonyl (C=O) groups excluding carboxylic acids is 1. The Morgan fingerprint density at radius 1 is 1.35 bits per heavy atom. The maximum atomic E-state index is 11.8. The van der Waals surface area contributed by atoms with E-state index in [-0.39, 0.29) is 5.91 Å². The SMILES string of the molecule is COc1cc(NC(=O)C(C)(C)OC)ccc1N. The molecule has 0 spiro atoms. The molecule has 0 heterocycles. The molecule has 0 fully saturated rings. The highest BCUT2D eigenvalue weighted by Gasteiger charge is 2.26. The minimum atomic E-state index is -0.880. The van der Waals surface area contributed by atoms with Crippen molar-refractivity contribution in [1.29, 1.82) is 0 Å². The van der Waals surface area contributed by atoms with Crippen molar-refractivity contribution in [3.8, 4) is 5.75 Å². The Kier molecular flexibility index (Phi) is 3.96. The van der Waals surface area contributed by atoms with Gasteiger partial charge in [-0.1, -0.05) is 0 Å². The van der Waals surface area contributed by atoms with Gasteiger partial charge in [0.15, 0.2) is 0 Å². The number of benzene rings is 1. The highest BCUT2D eigenvalue weighted by atomic mass is 16.5. The Morgan fingerprint density at radius 3 is 2.53 bits per heavy atom. The van der Waals surface area contributed by atoms with Crippen LogP contribution in [0.5, 0.6) is 5.75 Å². The monoisotopic (exact) mass is 238 g/mol. The lowest BCUT2D eigenvalue weighted by molar-refractivity contribution is -0.133. The van der Waals surface area contributed by atoms with Gasteiger partial charge in [0.1, 0.15) is 11.4 Å². The summed E-state index contributed by atoms with van der Waals surface area (Å²) in [4.78, 5) is 11.8. The number of anilines is 2. The Balaban J connectivity index is 2.86. The van der Waals surface area contributed by atoms with Crippen LogP contribution < -0.4 is 15.8 Å². The lowest BCUT2D eigenvalue weighted by Gasteiger charge is -2.21. The molecule has 0 bridgehead atoms. The van der Waals surface area contributed by atoms with Crippen LogP contribution in [0, 0.1) is 0 Å². The first-order chi connectivity index (χ1) is 7.90. The quantitative estimate of drug-likeness (QED) is 0.782. The molecule has 0 atom stereocenters. The van der Waals surface area contributed by atoms with Crippen LogP contribution >= 0.6 is 0 Å². The van der Waals surface area contributed by atoms with E-state index in [1.807, 2.05) is 0 Å². The second-order valence-corrected chi connectivity index (χ2v) is 4.13. The van der Waals surface area contributed by atoms with Crippen LogP contribution in [0.4, 0.5) is 11.4 Å². The number of nitrogens with one attached hydrogen (secondary N) is 1. The van der Waals surface area contributed by atoms with Gasteiger partial charge < -0.3 is 20.5 Å². The molecular formula is C12H18N2O3. The van der Waals surface area contributed by atoms with Crippen molar-refractivity contribution in [3.05, 3.63) is 18.2 Å². The predicted molar refractivity (Wildman–Crippen MR) is 67.1 cm³/mol. The molecule has 0 aliphatic rings. The molecule has 17 heavy (non-hydrogen) atoms. The molecule has 1 amide bonds. The second kappa shape index (κ2) is 5.05. The first kappa shape index (κ1) is 13.3. The summed E-state index contributed by atoms with van der Waals surface area (Å²) in [6.45, 7) is 3.38. The third-order valence-electron chi connectivity index (χ3n) is 2.55. The van der Waals surface area contributed by atoms with Crippen molar-refractivity contribution in [3.63, 3.8) is 0 Å². The molecule has 0 aliphatic carbocycles. The molecule has 5 heteroatoms. The minimum absolute atomic E-state index is 0.230. The molecule has 0 aliphatic heterocycles. The van der Waals surface area contributed by atoms with Crippen molar-refractivity contribution in [2.45, 2.75) is 19.4 Å². The number of rotatable bonds is 4. The average Bonchev–Trinajstić information content (AvgIpc) is 2.31. The molecule has 0 radical (unpaired) electrons. The van der Waals surface area contributed by atoms with Gasteiger partial charge in [0.25, 0.3) is 5.91 Å². The maximum Gasteiger partial charge on any atom is 0.256 e. The first-order valence-electron chi connectivity index (χ1n) is 5.21. The van der Waals surface area contributed by atoms with Crippen molar-refractivity contribution in [2.24, 2.45) is 0 Å². The van der Waals surface area contributed by atoms with E-state index in [0.29, 0.717) is 17.1 Å². The van der Waals surface area contributed by atoms with Crippen molar-refractivity contribution in [2.75, 3.05) is 25.3 Å². The van der Waals surface area contributed by atoms with Crippen LogP contribution in [0.25, 0.3) is 0 Å². The van der Waals surface area contributed by atoms with Crippen LogP contribution in [0.15, 0.2) is 18.2 Å². The Morgan fingerprint density at radius 2 is 2.00 bits per heavy atom. The van der Waals surface area contributed by atoms with Gasteiger partial charge in [-0.25, -0.2) is 0 Å². The smallest absolute Gasteiger partial charge is 0.256 e. The number of amides is 1. The zero-order valence-corrected chi connectivity index (χ0v) is 10.5. The number of nitrogens with two attached hydrogens (primary N) is 1. The average molecular weight is 238 g/mol. The molecule has 5 nitrogen and oxygen atoms in total. The van der Waals surface area contributed by atoms with E-state index in [0.717, 1.165) is 0 Å². The summed E-state index contributed by atoms with van der Waals surface area (Å²) < 4.78 is 10.2. The number of hydrogen-bond donors (Lipinski definition) is 2. The van der Waals surface area contributed by atoms with Gasteiger partial charge in [-0.05, 0) is 26.0 Å². The highest BCUT2D eigenvalue weighted by Crippen LogP contribution is 2.25. The zero-order chi connectivity index (χ0) is 13.1. The van der Waals surface area contributed by atoms with E-state index in [1.54, 1.807) is 32.0 Å². The summed E-state index contributed by atoms with van der Waals surface area (Å²) in [7, 11) is 3.01. The van der Waals surface area contributed by atoms with Gasteiger partial charge >= 0.3 is 0 Å². The largest absolute Gasteiger partial charge is 0.495 e. The summed E-state index contributed by atoms with van der Waals surface area (Å²) in [5.74, 6) is 0.296. The molecule has 0 aromatic heterocycles. The van der Waals surface area contributed by atoms with Gasteiger partial charge in [-0.15, -0.1) is 0 Å². The summed E-state index contributed by atoms with van der Waals surface area (Å²) in [5, 5.41) is 2.74. The highest BCUT2D eigenvalue weighted by molar-refractivity contribution is 5.97. The molecule has 3 N–H and O–H groups in total. The second-order valence-electron chi connectivity index (χ2n) is 4.13. The van der Waals surface area contributed by atoms with Crippen molar-refractivity contribution in [1.82, 2.24) is 0 Å². The third-order valence-corrected chi connectivity index (χ3v) is 2.55. The van der Waals surface area contributed by atoms with Gasteiger partial charge in [0.05, 0.1) is 12.8 Å². The fourth-order valence-electron chi connectivity index (χ4n) is 1.16. The Labute approximate surface area is 101 Å². The summed E-state index contributed by atoms with van der Waals surface area (Å²) in [5.41, 5.74) is 5.94. The maximum absolute atomic E-state index is 11.8. The molecule has 0 unspecified atom stereocenters. The van der Waals surface area contributed by atoms with Gasteiger partial charge in [-0.2, -0.15) is 0 Å². The van der Waals surface area contributed by atoms with Crippen molar-refractivity contribution >= 4 is 17.3 Å². The van der Waals surface area contributed by atoms with Gasteiger partial charge in [0.2, 0.25) is 0 Å². The van der Waals surface area contributed by atoms with E-state index in [4.69, 9.17) is 15.2 Å². The number of methoxy groups -OCH3 is 2. The van der Waals surface area contributed by atoms with E-state index in [2.05, 4.69) is 5.32 Å². The third kappa shape index (κ3) is 3.10. The number of ether oxygens (including phenoxy) is 2. The van der Waals surface area contributed by atoms with E-state index in [9.17, 15) is 4.79 Å². The molecule has 1 aromatic carbocycles. The lowest BCUT2D eigenvalue weighted by atomic mass is 10.1. The Bertz CT molecular complexity index is 416. The lowest BCUT2D eigenvalue weighted by Crippen LogP contribution is -2.38. The van der Waals surface area contributed by atoms with E-state index >= 15 is 0 Å². The normalized spacial score (nSPS) is 11.1. The summed E-state index contributed by atoms with van der Waals surface area (Å²) in [6.07, 6.45) is 0. The molecule has 0 saturated heterocycles. The first-order valence-corrected chi connectivity index (χ1v) is 5.21. The molecule has 94 valence electrons. The molecule has 1 aromatic rings. The summed E-state index contributed by atoms with van der Waals surface area (Å²) in [6, 6.07) is 5.05. The van der Waals surface area contributed by atoms with E-state index < -0.39 is 5.60 Å².